The Balaban J connectivity index is 2.85. The van der Waals surface area contributed by atoms with Crippen molar-refractivity contribution in [2.45, 2.75) is 13.0 Å². The van der Waals surface area contributed by atoms with E-state index in [-0.39, 0.29) is 0 Å². The molecule has 0 heterocycles. The molecule has 0 unspecified atom stereocenters. The minimum atomic E-state index is -3.76. The number of nitrogens with two attached hydrogens (primary N) is 1. The Morgan fingerprint density at radius 1 is 1.50 bits per heavy atom. The van der Waals surface area contributed by atoms with E-state index in [9.17, 15) is 12.8 Å². The van der Waals surface area contributed by atoms with E-state index < -0.39 is 22.1 Å². The average molecular weight is 218 g/mol. The molecule has 1 rings (SSSR count). The summed E-state index contributed by atoms with van der Waals surface area (Å²) in [4.78, 5) is 0. The van der Waals surface area contributed by atoms with Crippen LogP contribution in [0.1, 0.15) is 18.5 Å². The van der Waals surface area contributed by atoms with Crippen molar-refractivity contribution >= 4 is 10.2 Å². The highest BCUT2D eigenvalue weighted by Crippen LogP contribution is 2.13. The van der Waals surface area contributed by atoms with Gasteiger partial charge in [-0.05, 0) is 24.6 Å². The van der Waals surface area contributed by atoms with Gasteiger partial charge in [-0.3, -0.25) is 0 Å². The molecule has 0 amide bonds. The quantitative estimate of drug-likeness (QED) is 0.783. The van der Waals surface area contributed by atoms with Crippen LogP contribution in [0.15, 0.2) is 24.3 Å². The first-order valence-corrected chi connectivity index (χ1v) is 5.48. The molecule has 0 aliphatic rings. The van der Waals surface area contributed by atoms with Crippen molar-refractivity contribution in [1.29, 1.82) is 0 Å². The SMILES string of the molecule is C[C@@H](NS(N)(=O)=O)c1cccc(F)c1. The van der Waals surface area contributed by atoms with E-state index >= 15 is 0 Å². The van der Waals surface area contributed by atoms with Gasteiger partial charge in [0, 0.05) is 6.04 Å². The Hall–Kier alpha value is -0.980. The van der Waals surface area contributed by atoms with Gasteiger partial charge in [-0.25, -0.2) is 9.53 Å². The lowest BCUT2D eigenvalue weighted by molar-refractivity contribution is 0.566. The van der Waals surface area contributed by atoms with Crippen LogP contribution in [0.4, 0.5) is 4.39 Å². The fourth-order valence-corrected chi connectivity index (χ4v) is 1.72. The maximum absolute atomic E-state index is 12.8. The molecular formula is C8H11FN2O2S. The number of hydrogen-bond acceptors (Lipinski definition) is 2. The van der Waals surface area contributed by atoms with Gasteiger partial charge in [-0.2, -0.15) is 13.1 Å². The number of rotatable bonds is 3. The van der Waals surface area contributed by atoms with Gasteiger partial charge in [-0.1, -0.05) is 12.1 Å². The van der Waals surface area contributed by atoms with Gasteiger partial charge in [0.05, 0.1) is 0 Å². The van der Waals surface area contributed by atoms with Gasteiger partial charge in [0.15, 0.2) is 0 Å². The molecule has 1 aromatic carbocycles. The minimum absolute atomic E-state index is 0.412. The summed E-state index contributed by atoms with van der Waals surface area (Å²) in [5.74, 6) is -0.412. The molecule has 14 heavy (non-hydrogen) atoms. The predicted molar refractivity (Wildman–Crippen MR) is 51.1 cm³/mol. The van der Waals surface area contributed by atoms with Gasteiger partial charge in [-0.15, -0.1) is 0 Å². The number of benzene rings is 1. The second-order valence-electron chi connectivity index (χ2n) is 2.94. The molecule has 6 heteroatoms. The lowest BCUT2D eigenvalue weighted by atomic mass is 10.1. The van der Waals surface area contributed by atoms with Crippen molar-refractivity contribution in [3.8, 4) is 0 Å². The highest BCUT2D eigenvalue weighted by molar-refractivity contribution is 7.87. The summed E-state index contributed by atoms with van der Waals surface area (Å²) >= 11 is 0. The Morgan fingerprint density at radius 2 is 2.14 bits per heavy atom. The molecule has 0 radical (unpaired) electrons. The third-order valence-electron chi connectivity index (χ3n) is 1.69. The van der Waals surface area contributed by atoms with Gasteiger partial charge < -0.3 is 0 Å². The molecule has 0 aliphatic heterocycles. The zero-order valence-corrected chi connectivity index (χ0v) is 8.38. The third-order valence-corrected chi connectivity index (χ3v) is 2.37. The van der Waals surface area contributed by atoms with Crippen LogP contribution in [0, 0.1) is 5.82 Å². The molecule has 1 aromatic rings. The molecular weight excluding hydrogens is 207 g/mol. The van der Waals surface area contributed by atoms with E-state index in [1.54, 1.807) is 13.0 Å². The highest BCUT2D eigenvalue weighted by atomic mass is 32.2. The Labute approximate surface area is 82.1 Å². The Morgan fingerprint density at radius 3 is 2.64 bits per heavy atom. The molecule has 0 fully saturated rings. The average Bonchev–Trinajstić information content (AvgIpc) is 2.01. The van der Waals surface area contributed by atoms with Crippen LogP contribution in [0.3, 0.4) is 0 Å². The van der Waals surface area contributed by atoms with E-state index in [0.29, 0.717) is 5.56 Å². The van der Waals surface area contributed by atoms with Crippen LogP contribution in [0.25, 0.3) is 0 Å². The molecule has 0 aromatic heterocycles. The van der Waals surface area contributed by atoms with E-state index in [1.165, 1.54) is 18.2 Å². The summed E-state index contributed by atoms with van der Waals surface area (Å²) in [5, 5.41) is 4.78. The predicted octanol–water partition coefficient (Wildman–Crippen LogP) is 0.680. The molecule has 0 saturated heterocycles. The Bertz CT molecular complexity index is 419. The molecule has 0 aliphatic carbocycles. The fraction of sp³-hybridized carbons (Fsp3) is 0.250. The van der Waals surface area contributed by atoms with Gasteiger partial charge in [0.25, 0.3) is 10.2 Å². The van der Waals surface area contributed by atoms with Crippen molar-refractivity contribution in [2.75, 3.05) is 0 Å². The van der Waals surface area contributed by atoms with Gasteiger partial charge in [0.1, 0.15) is 5.82 Å². The molecule has 3 N–H and O–H groups in total. The second-order valence-corrected chi connectivity index (χ2v) is 4.27. The lowest BCUT2D eigenvalue weighted by Gasteiger charge is -2.11. The summed E-state index contributed by atoms with van der Waals surface area (Å²) in [6.07, 6.45) is 0. The first-order chi connectivity index (χ1) is 6.38. The van der Waals surface area contributed by atoms with E-state index in [4.69, 9.17) is 5.14 Å². The van der Waals surface area contributed by atoms with Crippen LogP contribution < -0.4 is 9.86 Å². The van der Waals surface area contributed by atoms with Gasteiger partial charge >= 0.3 is 0 Å². The number of nitrogens with one attached hydrogen (secondary N) is 1. The highest BCUT2D eigenvalue weighted by Gasteiger charge is 2.11. The second kappa shape index (κ2) is 4.04. The lowest BCUT2D eigenvalue weighted by Crippen LogP contribution is -2.32. The molecule has 1 atom stereocenters. The van der Waals surface area contributed by atoms with E-state index in [0.717, 1.165) is 0 Å². The van der Waals surface area contributed by atoms with Crippen molar-refractivity contribution < 1.29 is 12.8 Å². The first kappa shape index (κ1) is 11.1. The minimum Gasteiger partial charge on any atom is -0.216 e. The molecule has 4 nitrogen and oxygen atoms in total. The standard InChI is InChI=1S/C8H11FN2O2S/c1-6(11-14(10,12)13)7-3-2-4-8(9)5-7/h2-6,11H,1H3,(H2,10,12,13)/t6-/m1/s1. The van der Waals surface area contributed by atoms with Crippen molar-refractivity contribution in [2.24, 2.45) is 5.14 Å². The summed E-state index contributed by atoms with van der Waals surface area (Å²) < 4.78 is 36.2. The maximum Gasteiger partial charge on any atom is 0.274 e. The van der Waals surface area contributed by atoms with Crippen LogP contribution in [0.2, 0.25) is 0 Å². The van der Waals surface area contributed by atoms with Crippen molar-refractivity contribution in [1.82, 2.24) is 4.72 Å². The number of halogens is 1. The largest absolute Gasteiger partial charge is 0.274 e. The van der Waals surface area contributed by atoms with Crippen LogP contribution >= 0.6 is 0 Å². The summed E-state index contributed by atoms with van der Waals surface area (Å²) in [6, 6.07) is 5.12. The summed E-state index contributed by atoms with van der Waals surface area (Å²) in [6.45, 7) is 1.58. The van der Waals surface area contributed by atoms with Gasteiger partial charge in [0.2, 0.25) is 0 Å². The van der Waals surface area contributed by atoms with Crippen molar-refractivity contribution in [3.63, 3.8) is 0 Å². The van der Waals surface area contributed by atoms with E-state index in [1.807, 2.05) is 0 Å². The molecule has 0 spiro atoms. The summed E-state index contributed by atoms with van der Waals surface area (Å²) in [5.41, 5.74) is 0.527. The molecule has 0 bridgehead atoms. The third kappa shape index (κ3) is 3.41. The number of hydrogen-bond donors (Lipinski definition) is 2. The fourth-order valence-electron chi connectivity index (χ4n) is 1.09. The molecule has 78 valence electrons. The Kier molecular flexibility index (Phi) is 3.20. The smallest absolute Gasteiger partial charge is 0.216 e. The monoisotopic (exact) mass is 218 g/mol. The van der Waals surface area contributed by atoms with Crippen molar-refractivity contribution in [3.05, 3.63) is 35.6 Å². The maximum atomic E-state index is 12.8. The first-order valence-electron chi connectivity index (χ1n) is 3.94. The molecule has 0 saturated carbocycles. The van der Waals surface area contributed by atoms with Crippen LogP contribution in [-0.2, 0) is 10.2 Å². The zero-order chi connectivity index (χ0) is 10.8. The topological polar surface area (TPSA) is 72.2 Å². The normalized spacial score (nSPS) is 13.9. The summed E-state index contributed by atoms with van der Waals surface area (Å²) in [7, 11) is -3.76. The van der Waals surface area contributed by atoms with Crippen LogP contribution in [-0.4, -0.2) is 8.42 Å². The van der Waals surface area contributed by atoms with Crippen LogP contribution in [0.5, 0.6) is 0 Å². The zero-order valence-electron chi connectivity index (χ0n) is 7.57. The van der Waals surface area contributed by atoms with E-state index in [2.05, 4.69) is 4.72 Å².